The van der Waals surface area contributed by atoms with Crippen molar-refractivity contribution in [3.63, 3.8) is 0 Å². The Balaban J connectivity index is 2.06. The van der Waals surface area contributed by atoms with Gasteiger partial charge in [-0.25, -0.2) is 0 Å². The SMILES string of the molecule is N#Cc1ccc(NCc2ccsc2)cc1Cl. The van der Waals surface area contributed by atoms with Gasteiger partial charge in [-0.05, 0) is 40.6 Å². The number of rotatable bonds is 3. The van der Waals surface area contributed by atoms with Gasteiger partial charge in [0.1, 0.15) is 6.07 Å². The first-order valence-corrected chi connectivity index (χ1v) is 6.06. The molecule has 0 saturated heterocycles. The monoisotopic (exact) mass is 248 g/mol. The zero-order chi connectivity index (χ0) is 11.4. The van der Waals surface area contributed by atoms with Gasteiger partial charge in [-0.1, -0.05) is 11.6 Å². The van der Waals surface area contributed by atoms with Crippen LogP contribution in [-0.4, -0.2) is 0 Å². The molecular weight excluding hydrogens is 240 g/mol. The summed E-state index contributed by atoms with van der Waals surface area (Å²) in [7, 11) is 0. The van der Waals surface area contributed by atoms with Crippen LogP contribution in [0.2, 0.25) is 5.02 Å². The van der Waals surface area contributed by atoms with Crippen molar-refractivity contribution in [2.75, 3.05) is 5.32 Å². The molecule has 1 aromatic carbocycles. The van der Waals surface area contributed by atoms with Crippen molar-refractivity contribution in [3.8, 4) is 6.07 Å². The minimum atomic E-state index is 0.484. The maximum atomic E-state index is 8.74. The number of benzene rings is 1. The Labute approximate surface area is 103 Å². The zero-order valence-electron chi connectivity index (χ0n) is 8.40. The normalized spacial score (nSPS) is 9.75. The second-order valence-electron chi connectivity index (χ2n) is 3.29. The first-order chi connectivity index (χ1) is 7.79. The highest BCUT2D eigenvalue weighted by molar-refractivity contribution is 7.07. The van der Waals surface area contributed by atoms with Crippen LogP contribution in [0.1, 0.15) is 11.1 Å². The summed E-state index contributed by atoms with van der Waals surface area (Å²) in [6, 6.07) is 9.46. The fourth-order valence-electron chi connectivity index (χ4n) is 1.31. The highest BCUT2D eigenvalue weighted by atomic mass is 35.5. The van der Waals surface area contributed by atoms with Crippen molar-refractivity contribution in [1.82, 2.24) is 0 Å². The summed E-state index contributed by atoms with van der Waals surface area (Å²) in [5, 5.41) is 16.6. The first kappa shape index (κ1) is 11.0. The average Bonchev–Trinajstić information content (AvgIpc) is 2.79. The number of thiophene rings is 1. The van der Waals surface area contributed by atoms with E-state index in [1.54, 1.807) is 23.5 Å². The molecule has 0 bridgehead atoms. The maximum Gasteiger partial charge on any atom is 0.101 e. The molecule has 0 spiro atoms. The summed E-state index contributed by atoms with van der Waals surface area (Å²) >= 11 is 7.60. The second-order valence-corrected chi connectivity index (χ2v) is 4.48. The number of nitrogens with one attached hydrogen (secondary N) is 1. The minimum Gasteiger partial charge on any atom is -0.381 e. The lowest BCUT2D eigenvalue weighted by molar-refractivity contribution is 1.16. The van der Waals surface area contributed by atoms with Crippen molar-refractivity contribution in [1.29, 1.82) is 5.26 Å². The lowest BCUT2D eigenvalue weighted by Gasteiger charge is -2.05. The van der Waals surface area contributed by atoms with E-state index in [0.29, 0.717) is 10.6 Å². The third-order valence-corrected chi connectivity index (χ3v) is 3.21. The van der Waals surface area contributed by atoms with Crippen LogP contribution in [0.4, 0.5) is 5.69 Å². The molecule has 0 unspecified atom stereocenters. The van der Waals surface area contributed by atoms with Crippen LogP contribution in [0.15, 0.2) is 35.0 Å². The van der Waals surface area contributed by atoms with Crippen LogP contribution >= 0.6 is 22.9 Å². The number of hydrogen-bond donors (Lipinski definition) is 1. The summed E-state index contributed by atoms with van der Waals surface area (Å²) < 4.78 is 0. The van der Waals surface area contributed by atoms with Crippen LogP contribution in [0, 0.1) is 11.3 Å². The third-order valence-electron chi connectivity index (χ3n) is 2.17. The summed E-state index contributed by atoms with van der Waals surface area (Å²) in [5.74, 6) is 0. The van der Waals surface area contributed by atoms with Crippen LogP contribution in [-0.2, 0) is 6.54 Å². The molecular formula is C12H9ClN2S. The molecule has 1 heterocycles. The molecule has 0 fully saturated rings. The number of nitrogens with zero attached hydrogens (tertiary/aromatic N) is 1. The largest absolute Gasteiger partial charge is 0.381 e. The van der Waals surface area contributed by atoms with Crippen LogP contribution in [0.25, 0.3) is 0 Å². The second kappa shape index (κ2) is 5.02. The number of nitriles is 1. The summed E-state index contributed by atoms with van der Waals surface area (Å²) in [6.45, 7) is 0.770. The van der Waals surface area contributed by atoms with Crippen LogP contribution < -0.4 is 5.32 Å². The number of anilines is 1. The van der Waals surface area contributed by atoms with Gasteiger partial charge in [0.15, 0.2) is 0 Å². The van der Waals surface area contributed by atoms with Crippen LogP contribution in [0.5, 0.6) is 0 Å². The summed E-state index contributed by atoms with van der Waals surface area (Å²) in [4.78, 5) is 0. The van der Waals surface area contributed by atoms with E-state index in [0.717, 1.165) is 12.2 Å². The molecule has 0 aliphatic heterocycles. The molecule has 0 saturated carbocycles. The van der Waals surface area contributed by atoms with E-state index < -0.39 is 0 Å². The standard InChI is InChI=1S/C12H9ClN2S/c13-12-5-11(2-1-10(12)6-14)15-7-9-3-4-16-8-9/h1-5,8,15H,7H2. The average molecular weight is 249 g/mol. The van der Waals surface area contributed by atoms with Gasteiger partial charge < -0.3 is 5.32 Å². The van der Waals surface area contributed by atoms with E-state index in [4.69, 9.17) is 16.9 Å². The van der Waals surface area contributed by atoms with Crippen molar-refractivity contribution < 1.29 is 0 Å². The van der Waals surface area contributed by atoms with Gasteiger partial charge in [0.2, 0.25) is 0 Å². The molecule has 0 radical (unpaired) electrons. The maximum absolute atomic E-state index is 8.74. The van der Waals surface area contributed by atoms with Crippen molar-refractivity contribution >= 4 is 28.6 Å². The predicted octanol–water partition coefficient (Wildman–Crippen LogP) is 3.89. The summed E-state index contributed by atoms with van der Waals surface area (Å²) in [6.07, 6.45) is 0. The van der Waals surface area contributed by atoms with E-state index in [-0.39, 0.29) is 0 Å². The molecule has 80 valence electrons. The fourth-order valence-corrected chi connectivity index (χ4v) is 2.20. The minimum absolute atomic E-state index is 0.484. The van der Waals surface area contributed by atoms with E-state index in [9.17, 15) is 0 Å². The lowest BCUT2D eigenvalue weighted by atomic mass is 10.2. The first-order valence-electron chi connectivity index (χ1n) is 4.74. The molecule has 1 aromatic heterocycles. The Morgan fingerprint density at radius 2 is 2.25 bits per heavy atom. The fraction of sp³-hybridized carbons (Fsp3) is 0.0833. The van der Waals surface area contributed by atoms with Crippen LogP contribution in [0.3, 0.4) is 0 Å². The van der Waals surface area contributed by atoms with Gasteiger partial charge in [0, 0.05) is 12.2 Å². The number of hydrogen-bond acceptors (Lipinski definition) is 3. The highest BCUT2D eigenvalue weighted by Crippen LogP contribution is 2.20. The molecule has 2 aromatic rings. The van der Waals surface area contributed by atoms with Gasteiger partial charge in [0.05, 0.1) is 10.6 Å². The van der Waals surface area contributed by atoms with Crippen molar-refractivity contribution in [2.24, 2.45) is 0 Å². The van der Waals surface area contributed by atoms with E-state index in [1.807, 2.05) is 17.5 Å². The van der Waals surface area contributed by atoms with E-state index in [2.05, 4.69) is 16.8 Å². The Kier molecular flexibility index (Phi) is 3.45. The van der Waals surface area contributed by atoms with Gasteiger partial charge in [-0.15, -0.1) is 0 Å². The van der Waals surface area contributed by atoms with Crippen molar-refractivity contribution in [3.05, 3.63) is 51.2 Å². The van der Waals surface area contributed by atoms with Crippen molar-refractivity contribution in [2.45, 2.75) is 6.54 Å². The Morgan fingerprint density at radius 1 is 1.38 bits per heavy atom. The highest BCUT2D eigenvalue weighted by Gasteiger charge is 2.00. The molecule has 2 nitrogen and oxygen atoms in total. The number of halogens is 1. The van der Waals surface area contributed by atoms with Gasteiger partial charge in [-0.3, -0.25) is 0 Å². The zero-order valence-corrected chi connectivity index (χ0v) is 9.98. The summed E-state index contributed by atoms with van der Waals surface area (Å²) in [5.41, 5.74) is 2.67. The smallest absolute Gasteiger partial charge is 0.101 e. The van der Waals surface area contributed by atoms with Gasteiger partial charge in [0.25, 0.3) is 0 Å². The molecule has 0 atom stereocenters. The molecule has 0 aliphatic rings. The molecule has 2 rings (SSSR count). The quantitative estimate of drug-likeness (QED) is 0.895. The van der Waals surface area contributed by atoms with E-state index >= 15 is 0 Å². The Bertz CT molecular complexity index is 514. The predicted molar refractivity (Wildman–Crippen MR) is 67.8 cm³/mol. The lowest BCUT2D eigenvalue weighted by Crippen LogP contribution is -1.97. The van der Waals surface area contributed by atoms with E-state index in [1.165, 1.54) is 5.56 Å². The van der Waals surface area contributed by atoms with Gasteiger partial charge in [-0.2, -0.15) is 16.6 Å². The molecule has 0 aliphatic carbocycles. The Morgan fingerprint density at radius 3 is 2.88 bits per heavy atom. The molecule has 1 N–H and O–H groups in total. The van der Waals surface area contributed by atoms with Gasteiger partial charge >= 0.3 is 0 Å². The topological polar surface area (TPSA) is 35.8 Å². The molecule has 16 heavy (non-hydrogen) atoms. The molecule has 0 amide bonds. The molecule has 4 heteroatoms. The third kappa shape index (κ3) is 2.54. The Hall–Kier alpha value is -1.50.